The normalized spacial score (nSPS) is 17.1. The monoisotopic (exact) mass is 244 g/mol. The number of hydrogen-bond donors (Lipinski definition) is 1. The zero-order valence-corrected chi connectivity index (χ0v) is 11.0. The molecule has 17 heavy (non-hydrogen) atoms. The Balaban J connectivity index is 2.25. The minimum absolute atomic E-state index is 0.232. The topological polar surface area (TPSA) is 38.9 Å². The van der Waals surface area contributed by atoms with Crippen LogP contribution in [-0.4, -0.2) is 4.98 Å². The van der Waals surface area contributed by atoms with Crippen LogP contribution in [0.3, 0.4) is 0 Å². The molecule has 3 rings (SSSR count). The second-order valence-electron chi connectivity index (χ2n) is 5.24. The number of fused-ring (bicyclic) bond motifs is 1. The Hall–Kier alpha value is -1.35. The van der Waals surface area contributed by atoms with E-state index in [9.17, 15) is 0 Å². The van der Waals surface area contributed by atoms with Gasteiger partial charge in [0.15, 0.2) is 0 Å². The first kappa shape index (κ1) is 10.8. The van der Waals surface area contributed by atoms with Gasteiger partial charge < -0.3 is 5.73 Å². The minimum Gasteiger partial charge on any atom is -0.390 e. The quantitative estimate of drug-likeness (QED) is 0.832. The number of nitrogen functional groups attached to an aromatic ring is 1. The number of nitrogens with zero attached hydrogens (tertiary/aromatic N) is 1. The Morgan fingerprint density at radius 3 is 2.88 bits per heavy atom. The second kappa shape index (κ2) is 3.57. The summed E-state index contributed by atoms with van der Waals surface area (Å²) in [7, 11) is 0. The van der Waals surface area contributed by atoms with Crippen LogP contribution in [0.25, 0.3) is 11.3 Å². The van der Waals surface area contributed by atoms with Crippen LogP contribution in [0.5, 0.6) is 0 Å². The van der Waals surface area contributed by atoms with E-state index in [-0.39, 0.29) is 5.41 Å². The van der Waals surface area contributed by atoms with Gasteiger partial charge in [-0.2, -0.15) is 0 Å². The van der Waals surface area contributed by atoms with Crippen LogP contribution < -0.4 is 5.73 Å². The molecule has 2 heterocycles. The van der Waals surface area contributed by atoms with E-state index in [4.69, 9.17) is 5.73 Å². The number of hydrogen-bond acceptors (Lipinski definition) is 3. The number of rotatable bonds is 1. The molecule has 2 nitrogen and oxygen atoms in total. The molecule has 0 saturated carbocycles. The van der Waals surface area contributed by atoms with Crippen LogP contribution in [0.4, 0.5) is 5.00 Å². The predicted octanol–water partition coefficient (Wildman–Crippen LogP) is 3.62. The SMILES string of the molecule is CC1(C)CCc2sc(N)c(-c3ccccn3)c21. The average molecular weight is 244 g/mol. The molecule has 3 heteroatoms. The van der Waals surface area contributed by atoms with E-state index in [0.29, 0.717) is 0 Å². The summed E-state index contributed by atoms with van der Waals surface area (Å²) in [6.45, 7) is 4.61. The lowest BCUT2D eigenvalue weighted by Gasteiger charge is -2.20. The molecule has 0 aromatic carbocycles. The maximum absolute atomic E-state index is 6.18. The molecule has 0 atom stereocenters. The molecule has 0 aliphatic heterocycles. The van der Waals surface area contributed by atoms with Gasteiger partial charge in [-0.15, -0.1) is 11.3 Å². The lowest BCUT2D eigenvalue weighted by molar-refractivity contribution is 0.523. The van der Waals surface area contributed by atoms with Crippen LogP contribution >= 0.6 is 11.3 Å². The highest BCUT2D eigenvalue weighted by Crippen LogP contribution is 2.50. The summed E-state index contributed by atoms with van der Waals surface area (Å²) in [4.78, 5) is 5.90. The van der Waals surface area contributed by atoms with Crippen molar-refractivity contribution < 1.29 is 0 Å². The molecule has 2 aromatic rings. The molecule has 0 unspecified atom stereocenters. The van der Waals surface area contributed by atoms with Crippen LogP contribution in [-0.2, 0) is 11.8 Å². The molecule has 2 aromatic heterocycles. The number of aryl methyl sites for hydroxylation is 1. The minimum atomic E-state index is 0.232. The lowest BCUT2D eigenvalue weighted by atomic mass is 9.84. The fourth-order valence-electron chi connectivity index (χ4n) is 2.71. The van der Waals surface area contributed by atoms with E-state index in [1.165, 1.54) is 22.4 Å². The summed E-state index contributed by atoms with van der Waals surface area (Å²) in [6.07, 6.45) is 4.21. The maximum atomic E-state index is 6.18. The predicted molar refractivity (Wildman–Crippen MR) is 73.3 cm³/mol. The first-order valence-corrected chi connectivity index (χ1v) is 6.74. The Kier molecular flexibility index (Phi) is 2.26. The average Bonchev–Trinajstić information content (AvgIpc) is 2.78. The first-order chi connectivity index (χ1) is 8.09. The van der Waals surface area contributed by atoms with Crippen molar-refractivity contribution in [3.8, 4) is 11.3 Å². The van der Waals surface area contributed by atoms with Crippen molar-refractivity contribution in [2.45, 2.75) is 32.1 Å². The van der Waals surface area contributed by atoms with E-state index >= 15 is 0 Å². The Labute approximate surface area is 106 Å². The number of pyridine rings is 1. The van der Waals surface area contributed by atoms with Crippen molar-refractivity contribution in [2.75, 3.05) is 5.73 Å². The van der Waals surface area contributed by atoms with E-state index in [0.717, 1.165) is 17.1 Å². The molecule has 1 aliphatic rings. The van der Waals surface area contributed by atoms with Crippen LogP contribution in [0.2, 0.25) is 0 Å². The summed E-state index contributed by atoms with van der Waals surface area (Å²) < 4.78 is 0. The van der Waals surface area contributed by atoms with Gasteiger partial charge in [0, 0.05) is 16.6 Å². The number of nitrogens with two attached hydrogens (primary N) is 1. The molecule has 1 aliphatic carbocycles. The fourth-order valence-corrected chi connectivity index (χ4v) is 3.96. The van der Waals surface area contributed by atoms with Gasteiger partial charge in [-0.3, -0.25) is 4.98 Å². The molecule has 0 spiro atoms. The zero-order chi connectivity index (χ0) is 12.0. The van der Waals surface area contributed by atoms with E-state index in [1.54, 1.807) is 11.3 Å². The third-order valence-electron chi connectivity index (χ3n) is 3.58. The van der Waals surface area contributed by atoms with Crippen molar-refractivity contribution in [1.29, 1.82) is 0 Å². The largest absolute Gasteiger partial charge is 0.390 e. The molecule has 0 fully saturated rings. The van der Waals surface area contributed by atoms with Crippen LogP contribution in [0.15, 0.2) is 24.4 Å². The van der Waals surface area contributed by atoms with Crippen molar-refractivity contribution >= 4 is 16.3 Å². The second-order valence-corrected chi connectivity index (χ2v) is 6.38. The molecule has 88 valence electrons. The molecular formula is C14H16N2S. The molecular weight excluding hydrogens is 228 g/mol. The van der Waals surface area contributed by atoms with Gasteiger partial charge in [0.1, 0.15) is 0 Å². The van der Waals surface area contributed by atoms with E-state index in [1.807, 2.05) is 24.4 Å². The van der Waals surface area contributed by atoms with E-state index in [2.05, 4.69) is 18.8 Å². The fraction of sp³-hybridized carbons (Fsp3) is 0.357. The van der Waals surface area contributed by atoms with E-state index < -0.39 is 0 Å². The van der Waals surface area contributed by atoms with Gasteiger partial charge in [-0.05, 0) is 36.0 Å². The van der Waals surface area contributed by atoms with Crippen molar-refractivity contribution in [3.63, 3.8) is 0 Å². The molecule has 2 N–H and O–H groups in total. The first-order valence-electron chi connectivity index (χ1n) is 5.92. The van der Waals surface area contributed by atoms with Crippen molar-refractivity contribution in [3.05, 3.63) is 34.8 Å². The molecule has 0 radical (unpaired) electrons. The smallest absolute Gasteiger partial charge is 0.0957 e. The van der Waals surface area contributed by atoms with Gasteiger partial charge >= 0.3 is 0 Å². The van der Waals surface area contributed by atoms with Gasteiger partial charge in [0.25, 0.3) is 0 Å². The lowest BCUT2D eigenvalue weighted by Crippen LogP contribution is -2.13. The molecule has 0 saturated heterocycles. The third-order valence-corrected chi connectivity index (χ3v) is 4.66. The Morgan fingerprint density at radius 2 is 2.18 bits per heavy atom. The zero-order valence-electron chi connectivity index (χ0n) is 10.2. The van der Waals surface area contributed by atoms with Gasteiger partial charge in [0.05, 0.1) is 10.7 Å². The standard InChI is InChI=1S/C14H16N2S/c1-14(2)7-6-10-12(14)11(13(15)17-10)9-5-3-4-8-16-9/h3-5,8H,6-7,15H2,1-2H3. The van der Waals surface area contributed by atoms with Crippen molar-refractivity contribution in [2.24, 2.45) is 0 Å². The number of thiophene rings is 1. The highest BCUT2D eigenvalue weighted by Gasteiger charge is 2.36. The summed E-state index contributed by atoms with van der Waals surface area (Å²) >= 11 is 1.74. The molecule has 0 bridgehead atoms. The maximum Gasteiger partial charge on any atom is 0.0957 e. The highest BCUT2D eigenvalue weighted by molar-refractivity contribution is 7.16. The van der Waals surface area contributed by atoms with Gasteiger partial charge in [-0.1, -0.05) is 19.9 Å². The Bertz CT molecular complexity index is 555. The Morgan fingerprint density at radius 1 is 1.35 bits per heavy atom. The summed E-state index contributed by atoms with van der Waals surface area (Å²) in [5.41, 5.74) is 10.0. The van der Waals surface area contributed by atoms with Crippen molar-refractivity contribution in [1.82, 2.24) is 4.98 Å². The summed E-state index contributed by atoms with van der Waals surface area (Å²) in [6, 6.07) is 6.01. The summed E-state index contributed by atoms with van der Waals surface area (Å²) in [5, 5.41) is 0.918. The van der Waals surface area contributed by atoms with Crippen LogP contribution in [0, 0.1) is 0 Å². The number of anilines is 1. The van der Waals surface area contributed by atoms with Gasteiger partial charge in [-0.25, -0.2) is 0 Å². The number of aromatic nitrogens is 1. The van der Waals surface area contributed by atoms with Gasteiger partial charge in [0.2, 0.25) is 0 Å². The third kappa shape index (κ3) is 1.57. The van der Waals surface area contributed by atoms with Crippen LogP contribution in [0.1, 0.15) is 30.7 Å². The highest BCUT2D eigenvalue weighted by atomic mass is 32.1. The summed E-state index contributed by atoms with van der Waals surface area (Å²) in [5.74, 6) is 0. The molecule has 0 amide bonds.